The number of piperazine rings is 1. The molecule has 1 heterocycles. The quantitative estimate of drug-likeness (QED) is 0.605. The molecular weight excluding hydrogens is 352 g/mol. The zero-order valence-electron chi connectivity index (χ0n) is 18.3. The summed E-state index contributed by atoms with van der Waals surface area (Å²) < 4.78 is 0. The molecule has 0 aromatic heterocycles. The highest BCUT2D eigenvalue weighted by molar-refractivity contribution is 5.85. The Morgan fingerprint density at radius 2 is 1.67 bits per heavy atom. The molecule has 2 nitrogen and oxygen atoms in total. The molecule has 1 saturated heterocycles. The van der Waals surface area contributed by atoms with Gasteiger partial charge < -0.3 is 4.90 Å². The van der Waals surface area contributed by atoms with Gasteiger partial charge in [-0.25, -0.2) is 0 Å². The molecule has 0 spiro atoms. The summed E-state index contributed by atoms with van der Waals surface area (Å²) >= 11 is 0. The molecule has 0 saturated carbocycles. The Balaban J connectivity index is 0.00000261. The third kappa shape index (κ3) is 5.51. The normalized spacial score (nSPS) is 22.1. The summed E-state index contributed by atoms with van der Waals surface area (Å²) in [6.07, 6.45) is 6.26. The molecule has 1 aliphatic carbocycles. The first-order valence-corrected chi connectivity index (χ1v) is 10.5. The van der Waals surface area contributed by atoms with Gasteiger partial charge in [0.1, 0.15) is 0 Å². The van der Waals surface area contributed by atoms with E-state index in [0.717, 1.165) is 13.1 Å². The molecule has 1 fully saturated rings. The molecule has 0 atom stereocenters. The fraction of sp³-hybridized carbons (Fsp3) is 0.667. The van der Waals surface area contributed by atoms with Gasteiger partial charge in [0, 0.05) is 37.4 Å². The van der Waals surface area contributed by atoms with Crippen LogP contribution in [0.5, 0.6) is 0 Å². The number of rotatable bonds is 4. The molecule has 1 aromatic rings. The van der Waals surface area contributed by atoms with Crippen LogP contribution in [0.25, 0.3) is 5.57 Å². The van der Waals surface area contributed by atoms with E-state index in [0.29, 0.717) is 5.41 Å². The molecule has 0 bridgehead atoms. The van der Waals surface area contributed by atoms with Gasteiger partial charge in [0.15, 0.2) is 0 Å². The van der Waals surface area contributed by atoms with Crippen molar-refractivity contribution >= 4 is 23.7 Å². The number of hydrogen-bond acceptors (Lipinski definition) is 2. The van der Waals surface area contributed by atoms with E-state index in [1.807, 2.05) is 0 Å². The van der Waals surface area contributed by atoms with E-state index in [1.165, 1.54) is 55.7 Å². The van der Waals surface area contributed by atoms with Crippen LogP contribution in [0.15, 0.2) is 24.3 Å². The first-order chi connectivity index (χ1) is 12.2. The van der Waals surface area contributed by atoms with Crippen molar-refractivity contribution in [3.8, 4) is 0 Å². The Morgan fingerprint density at radius 1 is 1.00 bits per heavy atom. The summed E-state index contributed by atoms with van der Waals surface area (Å²) in [7, 11) is 0. The Labute approximate surface area is 173 Å². The lowest BCUT2D eigenvalue weighted by atomic mass is 9.65. The number of aryl methyl sites for hydroxylation is 1. The number of allylic oxidation sites excluding steroid dienone is 2. The number of anilines is 1. The minimum Gasteiger partial charge on any atom is -0.368 e. The van der Waals surface area contributed by atoms with E-state index in [-0.39, 0.29) is 17.8 Å². The minimum absolute atomic E-state index is 0. The number of halogens is 1. The van der Waals surface area contributed by atoms with Gasteiger partial charge in [0.05, 0.1) is 0 Å². The zero-order valence-corrected chi connectivity index (χ0v) is 19.1. The van der Waals surface area contributed by atoms with Crippen molar-refractivity contribution in [2.75, 3.05) is 37.6 Å². The molecule has 152 valence electrons. The van der Waals surface area contributed by atoms with Crippen molar-refractivity contribution < 1.29 is 0 Å². The van der Waals surface area contributed by atoms with E-state index in [2.05, 4.69) is 75.6 Å². The number of hydrogen-bond donors (Lipinski definition) is 0. The number of benzene rings is 1. The van der Waals surface area contributed by atoms with Gasteiger partial charge in [0.2, 0.25) is 0 Å². The summed E-state index contributed by atoms with van der Waals surface area (Å²) in [5.74, 6) is 0. The molecule has 1 aromatic carbocycles. The van der Waals surface area contributed by atoms with Gasteiger partial charge in [-0.2, -0.15) is 0 Å². The summed E-state index contributed by atoms with van der Waals surface area (Å²) in [4.78, 5) is 5.23. The van der Waals surface area contributed by atoms with Crippen LogP contribution >= 0.6 is 12.4 Å². The second-order valence-corrected chi connectivity index (χ2v) is 10.0. The monoisotopic (exact) mass is 390 g/mol. The highest BCUT2D eigenvalue weighted by atomic mass is 35.5. The average molecular weight is 391 g/mol. The maximum Gasteiger partial charge on any atom is 0.0443 e. The van der Waals surface area contributed by atoms with Crippen molar-refractivity contribution in [1.29, 1.82) is 0 Å². The average Bonchev–Trinajstić information content (AvgIpc) is 2.53. The largest absolute Gasteiger partial charge is 0.368 e. The SMILES string of the molecule is CCCN1CCN(c2ccc(C)cc2C2=CC(C)(C)CC(C)(C)C2)CC1.Cl. The van der Waals surface area contributed by atoms with E-state index in [4.69, 9.17) is 0 Å². The van der Waals surface area contributed by atoms with Crippen molar-refractivity contribution in [2.24, 2.45) is 10.8 Å². The molecule has 1 aliphatic heterocycles. The molecule has 0 amide bonds. The van der Waals surface area contributed by atoms with Gasteiger partial charge in [-0.05, 0) is 61.3 Å². The molecule has 0 unspecified atom stereocenters. The molecular formula is C24H39ClN2. The lowest BCUT2D eigenvalue weighted by molar-refractivity contribution is 0.228. The van der Waals surface area contributed by atoms with Gasteiger partial charge in [-0.1, -0.05) is 52.3 Å². The second kappa shape index (κ2) is 8.57. The Hall–Kier alpha value is -0.990. The highest BCUT2D eigenvalue weighted by Crippen LogP contribution is 2.48. The van der Waals surface area contributed by atoms with Crippen molar-refractivity contribution in [2.45, 2.75) is 60.8 Å². The third-order valence-electron chi connectivity index (χ3n) is 5.92. The lowest BCUT2D eigenvalue weighted by Gasteiger charge is -2.41. The summed E-state index contributed by atoms with van der Waals surface area (Å²) in [6.45, 7) is 20.1. The van der Waals surface area contributed by atoms with Crippen LogP contribution in [0, 0.1) is 17.8 Å². The molecule has 0 radical (unpaired) electrons. The van der Waals surface area contributed by atoms with Crippen LogP contribution in [-0.2, 0) is 0 Å². The topological polar surface area (TPSA) is 6.48 Å². The van der Waals surface area contributed by atoms with E-state index in [1.54, 1.807) is 5.57 Å². The standard InChI is InChI=1S/C24H38N2.ClH/c1-7-10-25-11-13-26(14-12-25)22-9-8-19(2)15-21(22)20-16-23(3,4)18-24(5,6)17-20;/h8-9,15-16H,7,10-14,17-18H2,1-6H3;1H. The van der Waals surface area contributed by atoms with Gasteiger partial charge in [-0.15, -0.1) is 12.4 Å². The first-order valence-electron chi connectivity index (χ1n) is 10.5. The maximum absolute atomic E-state index is 2.62. The van der Waals surface area contributed by atoms with E-state index < -0.39 is 0 Å². The zero-order chi connectivity index (χ0) is 18.9. The molecule has 0 N–H and O–H groups in total. The smallest absolute Gasteiger partial charge is 0.0443 e. The first kappa shape index (κ1) is 22.3. The highest BCUT2D eigenvalue weighted by Gasteiger charge is 2.34. The van der Waals surface area contributed by atoms with E-state index in [9.17, 15) is 0 Å². The van der Waals surface area contributed by atoms with Gasteiger partial charge in [-0.3, -0.25) is 4.90 Å². The Morgan fingerprint density at radius 3 is 2.26 bits per heavy atom. The van der Waals surface area contributed by atoms with Gasteiger partial charge >= 0.3 is 0 Å². The number of nitrogens with zero attached hydrogens (tertiary/aromatic N) is 2. The molecule has 3 rings (SSSR count). The Kier molecular flexibility index (Phi) is 7.08. The molecule has 3 heteroatoms. The maximum atomic E-state index is 2.62. The predicted octanol–water partition coefficient (Wildman–Crippen LogP) is 6.18. The van der Waals surface area contributed by atoms with Crippen molar-refractivity contribution in [3.63, 3.8) is 0 Å². The predicted molar refractivity (Wildman–Crippen MR) is 122 cm³/mol. The fourth-order valence-electron chi connectivity index (χ4n) is 5.27. The minimum atomic E-state index is 0. The van der Waals surface area contributed by atoms with Crippen LogP contribution in [0.1, 0.15) is 65.0 Å². The fourth-order valence-corrected chi connectivity index (χ4v) is 5.27. The van der Waals surface area contributed by atoms with Crippen LogP contribution < -0.4 is 4.90 Å². The lowest BCUT2D eigenvalue weighted by Crippen LogP contribution is -2.46. The Bertz CT molecular complexity index is 667. The van der Waals surface area contributed by atoms with Gasteiger partial charge in [0.25, 0.3) is 0 Å². The van der Waals surface area contributed by atoms with Crippen LogP contribution in [0.4, 0.5) is 5.69 Å². The second-order valence-electron chi connectivity index (χ2n) is 10.0. The molecule has 2 aliphatic rings. The van der Waals surface area contributed by atoms with E-state index >= 15 is 0 Å². The summed E-state index contributed by atoms with van der Waals surface area (Å²) in [5, 5.41) is 0. The third-order valence-corrected chi connectivity index (χ3v) is 5.92. The van der Waals surface area contributed by atoms with Crippen molar-refractivity contribution in [1.82, 2.24) is 4.90 Å². The summed E-state index contributed by atoms with van der Waals surface area (Å²) in [5.41, 5.74) is 6.50. The van der Waals surface area contributed by atoms with Crippen LogP contribution in [0.3, 0.4) is 0 Å². The molecule has 27 heavy (non-hydrogen) atoms. The summed E-state index contributed by atoms with van der Waals surface area (Å²) in [6, 6.07) is 7.09. The van der Waals surface area contributed by atoms with Crippen molar-refractivity contribution in [3.05, 3.63) is 35.4 Å². The van der Waals surface area contributed by atoms with Crippen LogP contribution in [-0.4, -0.2) is 37.6 Å². The van der Waals surface area contributed by atoms with Crippen LogP contribution in [0.2, 0.25) is 0 Å².